The molecule has 0 radical (unpaired) electrons. The number of nitro benzene ring substituents is 1. The summed E-state index contributed by atoms with van der Waals surface area (Å²) in [5, 5.41) is 20.2. The highest BCUT2D eigenvalue weighted by molar-refractivity contribution is 6.01. The number of likely N-dealkylation sites (tertiary alicyclic amines) is 1. The Morgan fingerprint density at radius 1 is 1.57 bits per heavy atom. The van der Waals surface area contributed by atoms with Crippen LogP contribution in [0.15, 0.2) is 18.2 Å². The lowest BCUT2D eigenvalue weighted by Gasteiger charge is -2.32. The SMILES string of the molecule is NNc1c(C(=O)N2CCCC(CO)C2)cccc1[N+](=O)[O-]. The Labute approximate surface area is 121 Å². The van der Waals surface area contributed by atoms with Crippen molar-refractivity contribution >= 4 is 17.3 Å². The van der Waals surface area contributed by atoms with E-state index in [-0.39, 0.29) is 35.4 Å². The quantitative estimate of drug-likeness (QED) is 0.427. The minimum absolute atomic E-state index is 0.0126. The number of nitrogens with two attached hydrogens (primary N) is 1. The highest BCUT2D eigenvalue weighted by atomic mass is 16.6. The van der Waals surface area contributed by atoms with Crippen LogP contribution in [0.25, 0.3) is 0 Å². The summed E-state index contributed by atoms with van der Waals surface area (Å²) in [4.78, 5) is 24.5. The number of nitrogen functional groups attached to an aromatic ring is 1. The number of carbonyl (C=O) groups is 1. The minimum atomic E-state index is -0.585. The summed E-state index contributed by atoms with van der Waals surface area (Å²) in [6.07, 6.45) is 1.68. The van der Waals surface area contributed by atoms with Crippen molar-refractivity contribution in [2.45, 2.75) is 12.8 Å². The molecule has 1 saturated heterocycles. The van der Waals surface area contributed by atoms with Crippen LogP contribution in [-0.2, 0) is 0 Å². The van der Waals surface area contributed by atoms with E-state index in [1.54, 1.807) is 4.90 Å². The van der Waals surface area contributed by atoms with Gasteiger partial charge in [0.15, 0.2) is 0 Å². The van der Waals surface area contributed by atoms with Crippen molar-refractivity contribution < 1.29 is 14.8 Å². The number of amides is 1. The largest absolute Gasteiger partial charge is 0.396 e. The van der Waals surface area contributed by atoms with Crippen molar-refractivity contribution in [1.82, 2.24) is 4.90 Å². The second kappa shape index (κ2) is 6.51. The number of anilines is 1. The number of para-hydroxylation sites is 1. The number of nitrogens with zero attached hydrogens (tertiary/aromatic N) is 2. The van der Waals surface area contributed by atoms with Crippen molar-refractivity contribution in [3.8, 4) is 0 Å². The highest BCUT2D eigenvalue weighted by Gasteiger charge is 2.28. The summed E-state index contributed by atoms with van der Waals surface area (Å²) in [6.45, 7) is 1.05. The molecule has 8 nitrogen and oxygen atoms in total. The van der Waals surface area contributed by atoms with Crippen molar-refractivity contribution in [3.63, 3.8) is 0 Å². The van der Waals surface area contributed by atoms with Crippen LogP contribution >= 0.6 is 0 Å². The second-order valence-electron chi connectivity index (χ2n) is 5.04. The van der Waals surface area contributed by atoms with E-state index in [0.29, 0.717) is 13.1 Å². The van der Waals surface area contributed by atoms with Gasteiger partial charge in [0.05, 0.1) is 10.5 Å². The van der Waals surface area contributed by atoms with Crippen LogP contribution in [0.5, 0.6) is 0 Å². The van der Waals surface area contributed by atoms with Crippen LogP contribution in [0.2, 0.25) is 0 Å². The molecule has 1 aromatic rings. The molecule has 1 fully saturated rings. The Kier molecular flexibility index (Phi) is 4.71. The lowest BCUT2D eigenvalue weighted by molar-refractivity contribution is -0.384. The zero-order valence-electron chi connectivity index (χ0n) is 11.5. The molecule has 1 amide bonds. The standard InChI is InChI=1S/C13H18N4O4/c14-15-12-10(4-1-5-11(12)17(20)21)13(19)16-6-2-3-9(7-16)8-18/h1,4-5,9,15,18H,2-3,6-8,14H2. The fourth-order valence-corrected chi connectivity index (χ4v) is 2.59. The average molecular weight is 294 g/mol. The molecule has 0 spiro atoms. The number of hydrazine groups is 1. The monoisotopic (exact) mass is 294 g/mol. The molecule has 4 N–H and O–H groups in total. The van der Waals surface area contributed by atoms with Gasteiger partial charge in [-0.3, -0.25) is 20.8 Å². The first-order valence-corrected chi connectivity index (χ1v) is 6.72. The maximum Gasteiger partial charge on any atom is 0.294 e. The molecule has 1 heterocycles. The molecule has 1 aliphatic rings. The number of hydrogen-bond acceptors (Lipinski definition) is 6. The number of nitro groups is 1. The molecule has 0 bridgehead atoms. The Morgan fingerprint density at radius 2 is 2.33 bits per heavy atom. The molecule has 114 valence electrons. The first-order chi connectivity index (χ1) is 10.1. The molecule has 1 aromatic carbocycles. The fraction of sp³-hybridized carbons (Fsp3) is 0.462. The lowest BCUT2D eigenvalue weighted by atomic mass is 9.98. The molecule has 1 atom stereocenters. The van der Waals surface area contributed by atoms with E-state index >= 15 is 0 Å². The van der Waals surface area contributed by atoms with Crippen LogP contribution in [0.3, 0.4) is 0 Å². The maximum absolute atomic E-state index is 12.5. The predicted octanol–water partition coefficient (Wildman–Crippen LogP) is 0.725. The van der Waals surface area contributed by atoms with Gasteiger partial charge in [-0.25, -0.2) is 0 Å². The molecular weight excluding hydrogens is 276 g/mol. The van der Waals surface area contributed by atoms with Gasteiger partial charge in [-0.15, -0.1) is 0 Å². The second-order valence-corrected chi connectivity index (χ2v) is 5.04. The molecule has 21 heavy (non-hydrogen) atoms. The van der Waals surface area contributed by atoms with Crippen LogP contribution in [0, 0.1) is 16.0 Å². The van der Waals surface area contributed by atoms with E-state index in [4.69, 9.17) is 5.84 Å². The summed E-state index contributed by atoms with van der Waals surface area (Å²) in [5.74, 6) is 5.08. The number of aliphatic hydroxyl groups is 1. The van der Waals surface area contributed by atoms with E-state index < -0.39 is 4.92 Å². The summed E-state index contributed by atoms with van der Waals surface area (Å²) >= 11 is 0. The van der Waals surface area contributed by atoms with Gasteiger partial charge < -0.3 is 15.4 Å². The first kappa shape index (κ1) is 15.2. The molecule has 1 unspecified atom stereocenters. The molecule has 2 rings (SSSR count). The van der Waals surface area contributed by atoms with E-state index in [1.807, 2.05) is 0 Å². The number of carbonyl (C=O) groups excluding carboxylic acids is 1. The zero-order valence-corrected chi connectivity index (χ0v) is 11.5. The predicted molar refractivity (Wildman–Crippen MR) is 76.6 cm³/mol. The Hall–Kier alpha value is -2.19. The Bertz CT molecular complexity index is 549. The molecule has 0 aromatic heterocycles. The van der Waals surface area contributed by atoms with E-state index in [0.717, 1.165) is 12.8 Å². The average Bonchev–Trinajstić information content (AvgIpc) is 2.53. The van der Waals surface area contributed by atoms with Crippen molar-refractivity contribution in [3.05, 3.63) is 33.9 Å². The zero-order chi connectivity index (χ0) is 15.4. The summed E-state index contributed by atoms with van der Waals surface area (Å²) < 4.78 is 0. The van der Waals surface area contributed by atoms with Gasteiger partial charge in [0.25, 0.3) is 11.6 Å². The number of rotatable bonds is 4. The van der Waals surface area contributed by atoms with Crippen molar-refractivity contribution in [2.75, 3.05) is 25.1 Å². The van der Waals surface area contributed by atoms with Crippen LogP contribution in [0.1, 0.15) is 23.2 Å². The molecule has 8 heteroatoms. The third-order valence-corrected chi connectivity index (χ3v) is 3.68. The van der Waals surface area contributed by atoms with Gasteiger partial charge in [0, 0.05) is 25.8 Å². The fourth-order valence-electron chi connectivity index (χ4n) is 2.59. The molecule has 0 saturated carbocycles. The highest BCUT2D eigenvalue weighted by Crippen LogP contribution is 2.29. The van der Waals surface area contributed by atoms with Gasteiger partial charge in [-0.2, -0.15) is 0 Å². The van der Waals surface area contributed by atoms with Crippen LogP contribution in [0.4, 0.5) is 11.4 Å². The molecule has 0 aliphatic carbocycles. The Morgan fingerprint density at radius 3 is 2.95 bits per heavy atom. The van der Waals surface area contributed by atoms with Gasteiger partial charge in [0.1, 0.15) is 5.69 Å². The number of aliphatic hydroxyl groups excluding tert-OH is 1. The third kappa shape index (κ3) is 3.11. The number of piperidine rings is 1. The lowest BCUT2D eigenvalue weighted by Crippen LogP contribution is -2.41. The topological polar surface area (TPSA) is 122 Å². The molecule has 1 aliphatic heterocycles. The van der Waals surface area contributed by atoms with E-state index in [9.17, 15) is 20.0 Å². The number of nitrogens with one attached hydrogen (secondary N) is 1. The third-order valence-electron chi connectivity index (χ3n) is 3.68. The number of hydrogen-bond donors (Lipinski definition) is 3. The first-order valence-electron chi connectivity index (χ1n) is 6.72. The summed E-state index contributed by atoms with van der Waals surface area (Å²) in [7, 11) is 0. The van der Waals surface area contributed by atoms with Crippen LogP contribution < -0.4 is 11.3 Å². The summed E-state index contributed by atoms with van der Waals surface area (Å²) in [6, 6.07) is 4.26. The normalized spacial score (nSPS) is 18.4. The Balaban J connectivity index is 2.30. The smallest absolute Gasteiger partial charge is 0.294 e. The van der Waals surface area contributed by atoms with E-state index in [1.165, 1.54) is 18.2 Å². The number of benzene rings is 1. The van der Waals surface area contributed by atoms with E-state index in [2.05, 4.69) is 5.43 Å². The molecular formula is C13H18N4O4. The maximum atomic E-state index is 12.5. The minimum Gasteiger partial charge on any atom is -0.396 e. The van der Waals surface area contributed by atoms with Gasteiger partial charge >= 0.3 is 0 Å². The van der Waals surface area contributed by atoms with Gasteiger partial charge in [0.2, 0.25) is 0 Å². The van der Waals surface area contributed by atoms with Crippen molar-refractivity contribution in [2.24, 2.45) is 11.8 Å². The summed E-state index contributed by atoms with van der Waals surface area (Å²) in [5.41, 5.74) is 2.20. The van der Waals surface area contributed by atoms with Crippen molar-refractivity contribution in [1.29, 1.82) is 0 Å². The van der Waals surface area contributed by atoms with Gasteiger partial charge in [-0.05, 0) is 24.8 Å². The van der Waals surface area contributed by atoms with Crippen LogP contribution in [-0.4, -0.2) is 40.5 Å². The van der Waals surface area contributed by atoms with Gasteiger partial charge in [-0.1, -0.05) is 6.07 Å².